The van der Waals surface area contributed by atoms with Gasteiger partial charge in [0, 0.05) is 0 Å². The van der Waals surface area contributed by atoms with E-state index in [1.807, 2.05) is 87.8 Å². The molecule has 0 saturated carbocycles. The molecule has 4 aromatic heterocycles. The van der Waals surface area contributed by atoms with Crippen molar-refractivity contribution >= 4 is 64.4 Å². The number of aromatic nitrogens is 8. The monoisotopic (exact) mass is 659 g/mol. The Balaban J connectivity index is 1.39. The number of H-pyrrole nitrogens is 2. The first-order chi connectivity index (χ1) is 22.8. The number of rotatable bonds is 2. The molecule has 10 rings (SSSR count). The number of thiophene rings is 1. The van der Waals surface area contributed by atoms with Gasteiger partial charge in [0.05, 0.1) is 0 Å². The van der Waals surface area contributed by atoms with Crippen LogP contribution < -0.4 is 8.92 Å². The standard InChI is InChI=1S/C32H17N8.C4H3S.Cu/c1-2-10-18-17(9-1)25-33-26(18)38-28-21-13-5-6-14-22(21)30(35-28)40-32-24-16-8-7-15-23(24)31(36-32)39-29-20-12-4-3-11-19(20)27(34-29)37-25;1-2-4-5-3-1;/h1-15H,(H2,33,34,35,36,37,38,39,40);1,3-4H;. The number of hydrogen-bond acceptors (Lipinski definition) is 7. The van der Waals surface area contributed by atoms with Gasteiger partial charge in [-0.25, -0.2) is 0 Å². The Morgan fingerprint density at radius 3 is 1.48 bits per heavy atom. The summed E-state index contributed by atoms with van der Waals surface area (Å²) in [6.07, 6.45) is 0. The first-order valence-corrected chi connectivity index (χ1v) is 16.5. The van der Waals surface area contributed by atoms with Gasteiger partial charge in [-0.05, 0) is 0 Å². The van der Waals surface area contributed by atoms with Crippen LogP contribution in [0, 0.1) is 0 Å². The van der Waals surface area contributed by atoms with Gasteiger partial charge in [0.1, 0.15) is 0 Å². The molecule has 2 aliphatic heterocycles. The number of nitrogens with zero attached hydrogens (tertiary/aromatic N) is 6. The number of fused-ring (bicyclic) bond motifs is 20. The van der Waals surface area contributed by atoms with Crippen LogP contribution in [-0.2, 0) is 15.0 Å². The van der Waals surface area contributed by atoms with Gasteiger partial charge in [0.25, 0.3) is 0 Å². The molecule has 0 spiro atoms. The number of hydrogen-bond donors (Lipinski definition) is 2. The van der Waals surface area contributed by atoms with E-state index in [0.29, 0.717) is 45.9 Å². The number of benzene rings is 4. The maximum absolute atomic E-state index is 5.19. The van der Waals surface area contributed by atoms with E-state index >= 15 is 0 Å². The molecule has 6 heterocycles. The summed E-state index contributed by atoms with van der Waals surface area (Å²) in [6, 6.07) is 32.7. The van der Waals surface area contributed by atoms with Gasteiger partial charge in [0.2, 0.25) is 0 Å². The van der Waals surface area contributed by atoms with Crippen molar-refractivity contribution in [1.82, 2.24) is 39.9 Å². The van der Waals surface area contributed by atoms with Crippen LogP contribution in [0.4, 0.5) is 0 Å². The minimum atomic E-state index is 0.588. The van der Waals surface area contributed by atoms with E-state index in [-0.39, 0.29) is 0 Å². The number of nitrogens with one attached hydrogen (secondary N) is 2. The second-order valence-electron chi connectivity index (χ2n) is 10.8. The van der Waals surface area contributed by atoms with Crippen LogP contribution in [0.5, 0.6) is 0 Å². The zero-order chi connectivity index (χ0) is 30.2. The fourth-order valence-electron chi connectivity index (χ4n) is 6.06. The fraction of sp³-hybridized carbons (Fsp3) is 0. The summed E-state index contributed by atoms with van der Waals surface area (Å²) in [5, 5.41) is 8.06. The Morgan fingerprint density at radius 1 is 0.457 bits per heavy atom. The molecule has 0 atom stereocenters. The molecule has 0 fully saturated rings. The zero-order valence-corrected chi connectivity index (χ0v) is 25.5. The van der Waals surface area contributed by atoms with Gasteiger partial charge in [-0.1, -0.05) is 6.07 Å². The van der Waals surface area contributed by atoms with E-state index in [4.69, 9.17) is 29.9 Å². The van der Waals surface area contributed by atoms with Crippen molar-refractivity contribution in [3.05, 3.63) is 108 Å². The summed E-state index contributed by atoms with van der Waals surface area (Å²) in [5.41, 5.74) is 6.40. The van der Waals surface area contributed by atoms with Crippen LogP contribution in [0.3, 0.4) is 0 Å². The normalized spacial score (nSPS) is 12.1. The molecule has 2 aliphatic rings. The first-order valence-electron chi connectivity index (χ1n) is 14.6. The van der Waals surface area contributed by atoms with E-state index in [2.05, 4.69) is 45.0 Å². The van der Waals surface area contributed by atoms with Gasteiger partial charge in [-0.2, -0.15) is 0 Å². The summed E-state index contributed by atoms with van der Waals surface area (Å²) >= 11 is 3.51. The van der Waals surface area contributed by atoms with Crippen LogP contribution >= 0.6 is 11.3 Å². The molecule has 46 heavy (non-hydrogen) atoms. The molecule has 0 aliphatic carbocycles. The molecule has 0 amide bonds. The van der Waals surface area contributed by atoms with Crippen LogP contribution in [0.25, 0.3) is 89.7 Å². The Labute approximate surface area is 271 Å². The molecule has 8 aromatic rings. The molecule has 8 nitrogen and oxygen atoms in total. The predicted molar refractivity (Wildman–Crippen MR) is 180 cm³/mol. The number of aromatic amines is 2. The second-order valence-corrected chi connectivity index (χ2v) is 12.9. The SMILES string of the molecule is c1ccc2c(c1)-c1nc-2nc2[nH]c(nc3nc(nc4[nH]c(n1)c1ccccc41)-c1ccccc1-3)c1[c]([Cu][c]3ccsc3)cccc21. The summed E-state index contributed by atoms with van der Waals surface area (Å²) < 4.78 is 2.23. The quantitative estimate of drug-likeness (QED) is 0.194. The average Bonchev–Trinajstić information content (AvgIpc) is 3.92. The molecule has 221 valence electrons. The van der Waals surface area contributed by atoms with Crippen molar-refractivity contribution in [3.8, 4) is 45.6 Å². The average molecular weight is 660 g/mol. The molecule has 0 saturated heterocycles. The molecule has 0 radical (unpaired) electrons. The Hall–Kier alpha value is -5.54. The molecule has 4 aromatic carbocycles. The molecule has 2 N–H and O–H groups in total. The van der Waals surface area contributed by atoms with Crippen LogP contribution in [0.2, 0.25) is 0 Å². The van der Waals surface area contributed by atoms with Crippen molar-refractivity contribution in [2.24, 2.45) is 0 Å². The summed E-state index contributed by atoms with van der Waals surface area (Å²) in [5.74, 6) is 2.36. The van der Waals surface area contributed by atoms with Crippen molar-refractivity contribution in [3.63, 3.8) is 0 Å². The van der Waals surface area contributed by atoms with E-state index in [9.17, 15) is 0 Å². The van der Waals surface area contributed by atoms with Crippen LogP contribution in [-0.4, -0.2) is 39.9 Å². The molecular formula is C36H20CuN8S. The van der Waals surface area contributed by atoms with E-state index in [1.54, 1.807) is 11.3 Å². The van der Waals surface area contributed by atoms with Crippen molar-refractivity contribution in [2.45, 2.75) is 0 Å². The van der Waals surface area contributed by atoms with Crippen LogP contribution in [0.1, 0.15) is 0 Å². The van der Waals surface area contributed by atoms with Gasteiger partial charge < -0.3 is 0 Å². The summed E-state index contributed by atoms with van der Waals surface area (Å²) in [4.78, 5) is 37.5. The Morgan fingerprint density at radius 2 is 0.935 bits per heavy atom. The maximum atomic E-state index is 5.19. The van der Waals surface area contributed by atoms with Gasteiger partial charge in [-0.3, -0.25) is 0 Å². The third-order valence-corrected chi connectivity index (χ3v) is 10.2. The first kappa shape index (κ1) is 25.8. The Kier molecular flexibility index (Phi) is 5.59. The Bertz CT molecular complexity index is 2690. The zero-order valence-electron chi connectivity index (χ0n) is 23.8. The van der Waals surface area contributed by atoms with Crippen LogP contribution in [0.15, 0.2) is 108 Å². The van der Waals surface area contributed by atoms with Gasteiger partial charge in [0.15, 0.2) is 0 Å². The molecule has 0 unspecified atom stereocenters. The third kappa shape index (κ3) is 3.98. The van der Waals surface area contributed by atoms with Crippen molar-refractivity contribution in [2.75, 3.05) is 0 Å². The van der Waals surface area contributed by atoms with Gasteiger partial charge >= 0.3 is 267 Å². The van der Waals surface area contributed by atoms with E-state index < -0.39 is 0 Å². The van der Waals surface area contributed by atoms with Crippen molar-refractivity contribution in [1.29, 1.82) is 0 Å². The molecule has 10 heteroatoms. The molecule has 8 bridgehead atoms. The van der Waals surface area contributed by atoms with E-state index in [0.717, 1.165) is 52.7 Å². The molecular weight excluding hydrogens is 640 g/mol. The summed E-state index contributed by atoms with van der Waals surface area (Å²) in [6.45, 7) is 0. The fourth-order valence-corrected chi connectivity index (χ4v) is 8.02. The van der Waals surface area contributed by atoms with Crippen molar-refractivity contribution < 1.29 is 15.0 Å². The topological polar surface area (TPSA) is 109 Å². The minimum absolute atomic E-state index is 0.588. The summed E-state index contributed by atoms with van der Waals surface area (Å²) in [7, 11) is 0. The van der Waals surface area contributed by atoms with Gasteiger partial charge in [-0.15, -0.1) is 0 Å². The predicted octanol–water partition coefficient (Wildman–Crippen LogP) is 6.96. The third-order valence-electron chi connectivity index (χ3n) is 8.13. The second kappa shape index (κ2) is 9.98. The van der Waals surface area contributed by atoms with E-state index in [1.165, 1.54) is 0 Å².